The fraction of sp³-hybridized carbons (Fsp3) is 0.385. The van der Waals surface area contributed by atoms with Crippen molar-refractivity contribution in [3.63, 3.8) is 0 Å². The van der Waals surface area contributed by atoms with E-state index in [1.54, 1.807) is 0 Å². The summed E-state index contributed by atoms with van der Waals surface area (Å²) in [6.07, 6.45) is 1.82. The van der Waals surface area contributed by atoms with Crippen LogP contribution in [0, 0.1) is 6.92 Å². The Hall–Kier alpha value is -1.33. The Bertz CT molecular complexity index is 481. The summed E-state index contributed by atoms with van der Waals surface area (Å²) in [6.45, 7) is 3.81. The van der Waals surface area contributed by atoms with Crippen LogP contribution in [0.3, 0.4) is 0 Å². The molecule has 0 radical (unpaired) electrons. The summed E-state index contributed by atoms with van der Waals surface area (Å²) >= 11 is 1.82. The van der Waals surface area contributed by atoms with E-state index in [0.29, 0.717) is 0 Å². The number of aryl methyl sites for hydroxylation is 2. The number of aromatic nitrogens is 3. The Labute approximate surface area is 112 Å². The molecule has 0 fully saturated rings. The second kappa shape index (κ2) is 6.56. The lowest BCUT2D eigenvalue weighted by Gasteiger charge is -2.04. The van der Waals surface area contributed by atoms with Crippen molar-refractivity contribution in [2.45, 2.75) is 18.5 Å². The first-order valence-electron chi connectivity index (χ1n) is 6.00. The lowest BCUT2D eigenvalue weighted by atomic mass is 10.3. The third-order valence-electron chi connectivity index (χ3n) is 2.52. The van der Waals surface area contributed by atoms with E-state index in [0.717, 1.165) is 30.2 Å². The number of nitrogens with one attached hydrogen (secondary N) is 1. The van der Waals surface area contributed by atoms with E-state index in [2.05, 4.69) is 21.5 Å². The maximum atomic E-state index is 4.32. The van der Waals surface area contributed by atoms with Crippen molar-refractivity contribution in [1.82, 2.24) is 20.1 Å². The minimum absolute atomic E-state index is 0.825. The topological polar surface area (TPSA) is 42.7 Å². The van der Waals surface area contributed by atoms with Gasteiger partial charge in [-0.25, -0.2) is 0 Å². The third kappa shape index (κ3) is 3.85. The van der Waals surface area contributed by atoms with Crippen molar-refractivity contribution in [2.75, 3.05) is 12.3 Å². The van der Waals surface area contributed by atoms with E-state index < -0.39 is 0 Å². The average molecular weight is 262 g/mol. The van der Waals surface area contributed by atoms with Gasteiger partial charge in [-0.2, -0.15) is 5.10 Å². The van der Waals surface area contributed by atoms with Crippen LogP contribution in [0.25, 0.3) is 0 Å². The van der Waals surface area contributed by atoms with E-state index in [4.69, 9.17) is 0 Å². The van der Waals surface area contributed by atoms with Gasteiger partial charge in [-0.3, -0.25) is 9.67 Å². The normalized spacial score (nSPS) is 10.8. The molecule has 0 aliphatic carbocycles. The van der Waals surface area contributed by atoms with Gasteiger partial charge in [0.05, 0.1) is 16.4 Å². The zero-order valence-corrected chi connectivity index (χ0v) is 11.6. The highest BCUT2D eigenvalue weighted by molar-refractivity contribution is 7.99. The summed E-state index contributed by atoms with van der Waals surface area (Å²) in [5.41, 5.74) is 2.15. The van der Waals surface area contributed by atoms with Crippen LogP contribution in [0.4, 0.5) is 0 Å². The molecule has 0 aromatic carbocycles. The summed E-state index contributed by atoms with van der Waals surface area (Å²) in [5.74, 6) is 1.03. The smallest absolute Gasteiger partial charge is 0.0939 e. The molecule has 0 spiro atoms. The second-order valence-corrected chi connectivity index (χ2v) is 5.21. The van der Waals surface area contributed by atoms with Gasteiger partial charge in [-0.05, 0) is 25.1 Å². The van der Waals surface area contributed by atoms with Gasteiger partial charge in [0.15, 0.2) is 0 Å². The summed E-state index contributed by atoms with van der Waals surface area (Å²) in [6, 6.07) is 8.09. The standard InChI is InChI=1S/C13H18N4S/c1-11-9-13(17(2)16-11)18-8-7-14-10-12-5-3-4-6-15-12/h3-6,9,14H,7-8,10H2,1-2H3. The Morgan fingerprint density at radius 2 is 2.28 bits per heavy atom. The van der Waals surface area contributed by atoms with E-state index in [9.17, 15) is 0 Å². The summed E-state index contributed by atoms with van der Waals surface area (Å²) in [7, 11) is 1.98. The van der Waals surface area contributed by atoms with Crippen LogP contribution in [0.5, 0.6) is 0 Å². The zero-order valence-electron chi connectivity index (χ0n) is 10.8. The Morgan fingerprint density at radius 1 is 1.39 bits per heavy atom. The minimum Gasteiger partial charge on any atom is -0.310 e. The highest BCUT2D eigenvalue weighted by Crippen LogP contribution is 2.17. The van der Waals surface area contributed by atoms with Crippen molar-refractivity contribution in [2.24, 2.45) is 7.05 Å². The Morgan fingerprint density at radius 3 is 2.94 bits per heavy atom. The summed E-state index contributed by atoms with van der Waals surface area (Å²) in [4.78, 5) is 4.27. The predicted octanol–water partition coefficient (Wildman–Crippen LogP) is 2.01. The van der Waals surface area contributed by atoms with E-state index in [1.807, 2.05) is 54.8 Å². The molecule has 1 N–H and O–H groups in total. The molecule has 0 bridgehead atoms. The molecule has 0 saturated carbocycles. The average Bonchev–Trinajstić information content (AvgIpc) is 2.69. The largest absolute Gasteiger partial charge is 0.310 e. The highest BCUT2D eigenvalue weighted by Gasteiger charge is 2.01. The van der Waals surface area contributed by atoms with Gasteiger partial charge >= 0.3 is 0 Å². The van der Waals surface area contributed by atoms with Crippen molar-refractivity contribution in [3.8, 4) is 0 Å². The second-order valence-electron chi connectivity index (χ2n) is 4.09. The van der Waals surface area contributed by atoms with Crippen LogP contribution in [-0.2, 0) is 13.6 Å². The van der Waals surface area contributed by atoms with Crippen molar-refractivity contribution in [3.05, 3.63) is 41.9 Å². The van der Waals surface area contributed by atoms with Crippen LogP contribution >= 0.6 is 11.8 Å². The number of nitrogens with zero attached hydrogens (tertiary/aromatic N) is 3. The van der Waals surface area contributed by atoms with E-state index >= 15 is 0 Å². The van der Waals surface area contributed by atoms with Crippen LogP contribution in [0.2, 0.25) is 0 Å². The van der Waals surface area contributed by atoms with Crippen molar-refractivity contribution >= 4 is 11.8 Å². The molecule has 18 heavy (non-hydrogen) atoms. The lowest BCUT2D eigenvalue weighted by molar-refractivity contribution is 0.688. The Kier molecular flexibility index (Phi) is 4.78. The van der Waals surface area contributed by atoms with Crippen LogP contribution in [-0.4, -0.2) is 27.1 Å². The van der Waals surface area contributed by atoms with Gasteiger partial charge in [-0.15, -0.1) is 11.8 Å². The first-order chi connectivity index (χ1) is 8.75. The zero-order chi connectivity index (χ0) is 12.8. The van der Waals surface area contributed by atoms with Gasteiger partial charge in [0.1, 0.15) is 0 Å². The number of pyridine rings is 1. The molecule has 0 saturated heterocycles. The first-order valence-corrected chi connectivity index (χ1v) is 6.98. The highest BCUT2D eigenvalue weighted by atomic mass is 32.2. The van der Waals surface area contributed by atoms with Gasteiger partial charge in [0.2, 0.25) is 0 Å². The SMILES string of the molecule is Cc1cc(SCCNCc2ccccn2)n(C)n1. The van der Waals surface area contributed by atoms with E-state index in [1.165, 1.54) is 5.03 Å². The fourth-order valence-corrected chi connectivity index (χ4v) is 2.61. The molecule has 2 aromatic heterocycles. The third-order valence-corrected chi connectivity index (χ3v) is 3.61. The summed E-state index contributed by atoms with van der Waals surface area (Å²) < 4.78 is 1.93. The maximum absolute atomic E-state index is 4.32. The lowest BCUT2D eigenvalue weighted by Crippen LogP contribution is -2.17. The van der Waals surface area contributed by atoms with Gasteiger partial charge in [-0.1, -0.05) is 6.07 Å². The van der Waals surface area contributed by atoms with Crippen molar-refractivity contribution in [1.29, 1.82) is 0 Å². The van der Waals surface area contributed by atoms with Gasteiger partial charge in [0.25, 0.3) is 0 Å². The number of rotatable bonds is 6. The minimum atomic E-state index is 0.825. The number of hydrogen-bond acceptors (Lipinski definition) is 4. The first kappa shape index (κ1) is 13.1. The molecule has 0 atom stereocenters. The molecule has 2 rings (SSSR count). The number of hydrogen-bond donors (Lipinski definition) is 1. The van der Waals surface area contributed by atoms with Gasteiger partial charge < -0.3 is 5.32 Å². The van der Waals surface area contributed by atoms with E-state index in [-0.39, 0.29) is 0 Å². The fourth-order valence-electron chi connectivity index (χ4n) is 1.67. The molecular weight excluding hydrogens is 244 g/mol. The van der Waals surface area contributed by atoms with Crippen LogP contribution in [0.1, 0.15) is 11.4 Å². The molecule has 96 valence electrons. The number of thioether (sulfide) groups is 1. The molecule has 0 aliphatic heterocycles. The molecule has 0 aliphatic rings. The molecule has 4 nitrogen and oxygen atoms in total. The van der Waals surface area contributed by atoms with Crippen LogP contribution < -0.4 is 5.32 Å². The predicted molar refractivity (Wildman–Crippen MR) is 74.6 cm³/mol. The quantitative estimate of drug-likeness (QED) is 0.639. The molecule has 2 aromatic rings. The Balaban J connectivity index is 1.66. The molecule has 0 amide bonds. The van der Waals surface area contributed by atoms with Crippen LogP contribution in [0.15, 0.2) is 35.5 Å². The molecular formula is C13H18N4S. The monoisotopic (exact) mass is 262 g/mol. The molecule has 0 unspecified atom stereocenters. The maximum Gasteiger partial charge on any atom is 0.0939 e. The van der Waals surface area contributed by atoms with Gasteiger partial charge in [0, 0.05) is 32.1 Å². The molecule has 5 heteroatoms. The molecule has 2 heterocycles. The van der Waals surface area contributed by atoms with Crippen molar-refractivity contribution < 1.29 is 0 Å². The summed E-state index contributed by atoms with van der Waals surface area (Å²) in [5, 5.41) is 8.92.